The van der Waals surface area contributed by atoms with Crippen LogP contribution in [0.2, 0.25) is 0 Å². The van der Waals surface area contributed by atoms with Crippen molar-refractivity contribution in [1.82, 2.24) is 0 Å². The van der Waals surface area contributed by atoms with E-state index in [2.05, 4.69) is 34.6 Å². The van der Waals surface area contributed by atoms with E-state index in [0.29, 0.717) is 15.8 Å². The molecule has 0 saturated carbocycles. The van der Waals surface area contributed by atoms with E-state index in [1.807, 2.05) is 0 Å². The zero-order chi connectivity index (χ0) is 12.6. The molecule has 2 fully saturated rings. The predicted octanol–water partition coefficient (Wildman–Crippen LogP) is 5.34. The minimum Gasteiger partial charge on any atom is -0.101 e. The lowest BCUT2D eigenvalue weighted by atomic mass is 10.0. The molecule has 2 saturated heterocycles. The normalized spacial score (nSPS) is 51.0. The summed E-state index contributed by atoms with van der Waals surface area (Å²) in [6.07, 6.45) is 7.75. The Morgan fingerprint density at radius 3 is 1.76 bits per heavy atom. The van der Waals surface area contributed by atoms with Gasteiger partial charge in [-0.25, -0.2) is 0 Å². The quantitative estimate of drug-likeness (QED) is 0.608. The van der Waals surface area contributed by atoms with Gasteiger partial charge >= 0.3 is 0 Å². The van der Waals surface area contributed by atoms with Crippen molar-refractivity contribution in [3.63, 3.8) is 0 Å². The molecule has 0 aromatic rings. The van der Waals surface area contributed by atoms with E-state index in [-0.39, 0.29) is 0 Å². The summed E-state index contributed by atoms with van der Waals surface area (Å²) < 4.78 is 0. The van der Waals surface area contributed by atoms with Crippen LogP contribution in [-0.2, 0) is 0 Å². The van der Waals surface area contributed by atoms with Crippen LogP contribution in [-0.4, -0.2) is 35.0 Å². The van der Waals surface area contributed by atoms with Crippen LogP contribution in [0.5, 0.6) is 0 Å². The molecule has 2 rings (SSSR count). The molecule has 0 bridgehead atoms. The van der Waals surface area contributed by atoms with Gasteiger partial charge in [0.25, 0.3) is 0 Å². The summed E-state index contributed by atoms with van der Waals surface area (Å²) in [5.41, 5.74) is 4.24. The molecule has 2 aliphatic heterocycles. The minimum atomic E-state index is 0.355. The molecule has 2 heterocycles. The smallest absolute Gasteiger partial charge is 0.0209 e. The van der Waals surface area contributed by atoms with Crippen molar-refractivity contribution < 1.29 is 0 Å². The highest BCUT2D eigenvalue weighted by atomic mass is 31.1. The number of rotatable bonds is 3. The van der Waals surface area contributed by atoms with Crippen LogP contribution >= 0.6 is 15.8 Å². The Kier molecular flexibility index (Phi) is 4.94. The van der Waals surface area contributed by atoms with Crippen molar-refractivity contribution in [3.8, 4) is 0 Å². The van der Waals surface area contributed by atoms with Crippen LogP contribution in [0, 0.1) is 5.92 Å². The maximum absolute atomic E-state index is 2.54. The van der Waals surface area contributed by atoms with Crippen LogP contribution in [0.25, 0.3) is 0 Å². The van der Waals surface area contributed by atoms with E-state index >= 15 is 0 Å². The molecule has 0 nitrogen and oxygen atoms in total. The first-order valence-electron chi connectivity index (χ1n) is 7.52. The monoisotopic (exact) mass is 272 g/mol. The summed E-state index contributed by atoms with van der Waals surface area (Å²) >= 11 is 0. The van der Waals surface area contributed by atoms with E-state index in [9.17, 15) is 0 Å². The van der Waals surface area contributed by atoms with Crippen LogP contribution in [0.4, 0.5) is 0 Å². The van der Waals surface area contributed by atoms with Crippen molar-refractivity contribution in [1.29, 1.82) is 0 Å². The molecule has 0 aromatic carbocycles. The minimum absolute atomic E-state index is 0.355. The second kappa shape index (κ2) is 5.88. The molecule has 2 aliphatic rings. The van der Waals surface area contributed by atoms with E-state index in [4.69, 9.17) is 0 Å². The van der Waals surface area contributed by atoms with Gasteiger partial charge in [0.2, 0.25) is 0 Å². The fraction of sp³-hybridized carbons (Fsp3) is 1.00. The summed E-state index contributed by atoms with van der Waals surface area (Å²) in [6.45, 7) is 12.6. The third-order valence-electron chi connectivity index (χ3n) is 5.38. The zero-order valence-corrected chi connectivity index (χ0v) is 14.1. The van der Waals surface area contributed by atoms with Gasteiger partial charge in [-0.05, 0) is 60.1 Å². The lowest BCUT2D eigenvalue weighted by molar-refractivity contribution is 0.562. The Balaban J connectivity index is 1.85. The van der Waals surface area contributed by atoms with Crippen molar-refractivity contribution in [3.05, 3.63) is 0 Å². The lowest BCUT2D eigenvalue weighted by Gasteiger charge is -2.27. The van der Waals surface area contributed by atoms with Gasteiger partial charge < -0.3 is 0 Å². The van der Waals surface area contributed by atoms with Crippen molar-refractivity contribution >= 4 is 15.8 Å². The summed E-state index contributed by atoms with van der Waals surface area (Å²) in [5, 5.41) is 0. The average Bonchev–Trinajstić information content (AvgIpc) is 2.70. The third kappa shape index (κ3) is 3.06. The van der Waals surface area contributed by atoms with Crippen molar-refractivity contribution in [2.24, 2.45) is 5.92 Å². The zero-order valence-electron chi connectivity index (χ0n) is 12.3. The van der Waals surface area contributed by atoms with Gasteiger partial charge in [0.1, 0.15) is 0 Å². The molecular weight excluding hydrogens is 242 g/mol. The largest absolute Gasteiger partial charge is 0.101 e. The van der Waals surface area contributed by atoms with E-state index < -0.39 is 0 Å². The molecule has 0 aliphatic carbocycles. The molecule has 0 aromatic heterocycles. The van der Waals surface area contributed by atoms with Gasteiger partial charge in [0.05, 0.1) is 0 Å². The Morgan fingerprint density at radius 2 is 1.29 bits per heavy atom. The first-order valence-corrected chi connectivity index (χ1v) is 10.8. The summed E-state index contributed by atoms with van der Waals surface area (Å²) in [5.74, 6) is 1.00. The summed E-state index contributed by atoms with van der Waals surface area (Å²) in [6, 6.07) is 0. The summed E-state index contributed by atoms with van der Waals surface area (Å²) in [7, 11) is 0.735. The fourth-order valence-corrected chi connectivity index (χ4v) is 11.5. The maximum Gasteiger partial charge on any atom is -0.0209 e. The third-order valence-corrected chi connectivity index (χ3v) is 12.9. The first kappa shape index (κ1) is 14.3. The highest BCUT2D eigenvalue weighted by Gasteiger charge is 2.36. The lowest BCUT2D eigenvalue weighted by Crippen LogP contribution is -2.09. The van der Waals surface area contributed by atoms with Gasteiger partial charge in [-0.2, -0.15) is 0 Å². The van der Waals surface area contributed by atoms with E-state index in [1.54, 1.807) is 12.3 Å². The first-order chi connectivity index (χ1) is 8.00. The fourth-order valence-electron chi connectivity index (χ4n) is 3.94. The van der Waals surface area contributed by atoms with Gasteiger partial charge in [-0.3, -0.25) is 0 Å². The van der Waals surface area contributed by atoms with Gasteiger partial charge in [-0.15, -0.1) is 15.8 Å². The Labute approximate surface area is 111 Å². The Morgan fingerprint density at radius 1 is 0.765 bits per heavy atom. The Hall–Kier alpha value is 0.860. The van der Waals surface area contributed by atoms with Crippen molar-refractivity contribution in [2.75, 3.05) is 12.3 Å². The number of hydrogen-bond acceptors (Lipinski definition) is 0. The maximum atomic E-state index is 2.54. The summed E-state index contributed by atoms with van der Waals surface area (Å²) in [4.78, 5) is 0. The predicted molar refractivity (Wildman–Crippen MR) is 84.4 cm³/mol. The van der Waals surface area contributed by atoms with E-state index in [1.165, 1.54) is 19.3 Å². The van der Waals surface area contributed by atoms with Crippen LogP contribution < -0.4 is 0 Å². The van der Waals surface area contributed by atoms with Crippen molar-refractivity contribution in [2.45, 2.75) is 76.5 Å². The molecule has 0 amide bonds. The number of hydrogen-bond donors (Lipinski definition) is 0. The SMILES string of the molecule is CC1C[C@@H](C)P(CCP2C(C)CC[C@H]2C)C1C. The molecule has 0 radical (unpaired) electrons. The molecule has 100 valence electrons. The molecule has 7 atom stereocenters. The molecule has 2 heteroatoms. The van der Waals surface area contributed by atoms with Gasteiger partial charge in [0.15, 0.2) is 0 Å². The second-order valence-electron chi connectivity index (χ2n) is 6.55. The van der Waals surface area contributed by atoms with Crippen LogP contribution in [0.15, 0.2) is 0 Å². The second-order valence-corrected chi connectivity index (χ2v) is 13.0. The standard InChI is InChI=1S/C15H30P2/c1-11-10-14(4)17(15(11)5)9-8-16-12(2)6-7-13(16)3/h11-15H,6-10H2,1-5H3/t11?,12-,13?,14-,15?,16?,17?/m1/s1. The van der Waals surface area contributed by atoms with Gasteiger partial charge in [-0.1, -0.05) is 34.6 Å². The van der Waals surface area contributed by atoms with Gasteiger partial charge in [0, 0.05) is 0 Å². The average molecular weight is 272 g/mol. The molecule has 0 N–H and O–H groups in total. The Bertz CT molecular complexity index is 243. The van der Waals surface area contributed by atoms with Crippen LogP contribution in [0.1, 0.15) is 53.9 Å². The molecular formula is C15H30P2. The highest BCUT2D eigenvalue weighted by molar-refractivity contribution is 7.63. The molecule has 0 spiro atoms. The van der Waals surface area contributed by atoms with Crippen LogP contribution in [0.3, 0.4) is 0 Å². The highest BCUT2D eigenvalue weighted by Crippen LogP contribution is 2.62. The molecule has 5 unspecified atom stereocenters. The topological polar surface area (TPSA) is 0 Å². The van der Waals surface area contributed by atoms with E-state index in [0.717, 1.165) is 28.6 Å². The molecule has 17 heavy (non-hydrogen) atoms.